The molecule has 1 aromatic heterocycles. The molecule has 1 aliphatic heterocycles. The Morgan fingerprint density at radius 3 is 3.00 bits per heavy atom. The fraction of sp³-hybridized carbons (Fsp3) is 0.462. The van der Waals surface area contributed by atoms with E-state index in [0.29, 0.717) is 5.89 Å². The number of aromatic nitrogens is 1. The zero-order chi connectivity index (χ0) is 11.7. The molecule has 17 heavy (non-hydrogen) atoms. The molecule has 0 unspecified atom stereocenters. The van der Waals surface area contributed by atoms with Crippen LogP contribution in [0.5, 0.6) is 5.75 Å². The van der Waals surface area contributed by atoms with Crippen LogP contribution in [0.25, 0.3) is 11.1 Å². The minimum Gasteiger partial charge on any atom is -0.486 e. The average Bonchev–Trinajstić information content (AvgIpc) is 2.72. The van der Waals surface area contributed by atoms with Crippen molar-refractivity contribution in [2.75, 3.05) is 13.1 Å². The van der Waals surface area contributed by atoms with Crippen LogP contribution >= 0.6 is 0 Å². The molecule has 0 aliphatic carbocycles. The predicted molar refractivity (Wildman–Crippen MR) is 65.3 cm³/mol. The van der Waals surface area contributed by atoms with E-state index >= 15 is 0 Å². The molecule has 90 valence electrons. The molecule has 1 N–H and O–H groups in total. The summed E-state index contributed by atoms with van der Waals surface area (Å²) in [6, 6.07) is 5.86. The van der Waals surface area contributed by atoms with Gasteiger partial charge in [0.1, 0.15) is 11.6 Å². The van der Waals surface area contributed by atoms with Gasteiger partial charge in [-0.2, -0.15) is 0 Å². The van der Waals surface area contributed by atoms with E-state index in [1.165, 1.54) is 0 Å². The normalized spacial score (nSPS) is 17.5. The molecule has 0 bridgehead atoms. The Morgan fingerprint density at radius 2 is 2.18 bits per heavy atom. The number of para-hydroxylation sites is 1. The predicted octanol–water partition coefficient (Wildman–Crippen LogP) is 2.27. The first-order valence-electron chi connectivity index (χ1n) is 6.06. The highest BCUT2D eigenvalue weighted by Gasteiger charge is 2.17. The molecule has 1 aromatic carbocycles. The minimum absolute atomic E-state index is 0.284. The lowest BCUT2D eigenvalue weighted by molar-refractivity contribution is 0.163. The van der Waals surface area contributed by atoms with Crippen LogP contribution in [0.3, 0.4) is 0 Å². The van der Waals surface area contributed by atoms with Gasteiger partial charge in [-0.3, -0.25) is 0 Å². The van der Waals surface area contributed by atoms with Gasteiger partial charge in [0.2, 0.25) is 0 Å². The van der Waals surface area contributed by atoms with Crippen molar-refractivity contribution < 1.29 is 9.15 Å². The van der Waals surface area contributed by atoms with Gasteiger partial charge in [0, 0.05) is 6.92 Å². The zero-order valence-corrected chi connectivity index (χ0v) is 9.90. The summed E-state index contributed by atoms with van der Waals surface area (Å²) >= 11 is 0. The second-order valence-corrected chi connectivity index (χ2v) is 4.40. The number of oxazole rings is 1. The molecule has 0 atom stereocenters. The Kier molecular flexibility index (Phi) is 2.73. The van der Waals surface area contributed by atoms with Crippen LogP contribution in [0, 0.1) is 6.92 Å². The molecule has 0 saturated carbocycles. The van der Waals surface area contributed by atoms with Crippen molar-refractivity contribution in [3.8, 4) is 5.75 Å². The number of nitrogens with one attached hydrogen (secondary N) is 1. The SMILES string of the molecule is Cc1nc2cccc(OC3CCNCC3)c2o1. The van der Waals surface area contributed by atoms with Crippen LogP contribution in [0.4, 0.5) is 0 Å². The number of aryl methyl sites for hydroxylation is 1. The van der Waals surface area contributed by atoms with E-state index in [9.17, 15) is 0 Å². The maximum Gasteiger partial charge on any atom is 0.196 e. The molecule has 3 rings (SSSR count). The van der Waals surface area contributed by atoms with E-state index < -0.39 is 0 Å². The largest absolute Gasteiger partial charge is 0.486 e. The van der Waals surface area contributed by atoms with Crippen LogP contribution in [0.1, 0.15) is 18.7 Å². The Hall–Kier alpha value is -1.55. The first kappa shape index (κ1) is 10.6. The van der Waals surface area contributed by atoms with Gasteiger partial charge >= 0.3 is 0 Å². The quantitative estimate of drug-likeness (QED) is 0.862. The molecular formula is C13H16N2O2. The molecule has 1 saturated heterocycles. The van der Waals surface area contributed by atoms with Crippen LogP contribution in [0.2, 0.25) is 0 Å². The van der Waals surface area contributed by atoms with Gasteiger partial charge in [0.25, 0.3) is 0 Å². The molecule has 0 radical (unpaired) electrons. The summed E-state index contributed by atoms with van der Waals surface area (Å²) in [6.07, 6.45) is 2.37. The molecule has 4 heteroatoms. The summed E-state index contributed by atoms with van der Waals surface area (Å²) in [5, 5.41) is 3.33. The zero-order valence-electron chi connectivity index (χ0n) is 9.90. The van der Waals surface area contributed by atoms with Gasteiger partial charge in [-0.15, -0.1) is 0 Å². The third-order valence-electron chi connectivity index (χ3n) is 3.07. The summed E-state index contributed by atoms with van der Waals surface area (Å²) in [5.41, 5.74) is 1.64. The van der Waals surface area contributed by atoms with Crippen LogP contribution < -0.4 is 10.1 Å². The van der Waals surface area contributed by atoms with E-state index in [4.69, 9.17) is 9.15 Å². The Bertz CT molecular complexity index is 515. The third-order valence-corrected chi connectivity index (χ3v) is 3.07. The summed E-state index contributed by atoms with van der Waals surface area (Å²) in [4.78, 5) is 4.31. The number of piperidine rings is 1. The van der Waals surface area contributed by atoms with Gasteiger partial charge in [0.05, 0.1) is 0 Å². The fourth-order valence-electron chi connectivity index (χ4n) is 2.22. The van der Waals surface area contributed by atoms with Crippen molar-refractivity contribution in [1.29, 1.82) is 0 Å². The number of fused-ring (bicyclic) bond motifs is 1. The van der Waals surface area contributed by atoms with Gasteiger partial charge < -0.3 is 14.5 Å². The first-order chi connectivity index (χ1) is 8.33. The maximum atomic E-state index is 6.01. The van der Waals surface area contributed by atoms with Crippen molar-refractivity contribution in [2.45, 2.75) is 25.9 Å². The lowest BCUT2D eigenvalue weighted by atomic mass is 10.1. The van der Waals surface area contributed by atoms with Crippen LogP contribution in [-0.2, 0) is 0 Å². The molecule has 2 aromatic rings. The fourth-order valence-corrected chi connectivity index (χ4v) is 2.22. The third kappa shape index (κ3) is 2.13. The van der Waals surface area contributed by atoms with Crippen LogP contribution in [-0.4, -0.2) is 24.2 Å². The topological polar surface area (TPSA) is 47.3 Å². The van der Waals surface area contributed by atoms with Crippen molar-refractivity contribution >= 4 is 11.1 Å². The summed E-state index contributed by atoms with van der Waals surface area (Å²) in [7, 11) is 0. The van der Waals surface area contributed by atoms with E-state index in [1.807, 2.05) is 25.1 Å². The van der Waals surface area contributed by atoms with Crippen molar-refractivity contribution in [1.82, 2.24) is 10.3 Å². The van der Waals surface area contributed by atoms with Crippen molar-refractivity contribution in [3.05, 3.63) is 24.1 Å². The smallest absolute Gasteiger partial charge is 0.196 e. The molecule has 0 amide bonds. The van der Waals surface area contributed by atoms with E-state index in [1.54, 1.807) is 0 Å². The number of hydrogen-bond acceptors (Lipinski definition) is 4. The molecule has 4 nitrogen and oxygen atoms in total. The summed E-state index contributed by atoms with van der Waals surface area (Å²) in [5.74, 6) is 1.50. The summed E-state index contributed by atoms with van der Waals surface area (Å²) in [6.45, 7) is 3.90. The Balaban J connectivity index is 1.88. The lowest BCUT2D eigenvalue weighted by Crippen LogP contribution is -2.34. The number of rotatable bonds is 2. The van der Waals surface area contributed by atoms with Gasteiger partial charge in [-0.25, -0.2) is 4.98 Å². The van der Waals surface area contributed by atoms with E-state index in [2.05, 4.69) is 10.3 Å². The monoisotopic (exact) mass is 232 g/mol. The molecule has 2 heterocycles. The second kappa shape index (κ2) is 4.37. The van der Waals surface area contributed by atoms with Crippen LogP contribution in [0.15, 0.2) is 22.6 Å². The number of hydrogen-bond donors (Lipinski definition) is 1. The van der Waals surface area contributed by atoms with Gasteiger partial charge in [-0.1, -0.05) is 6.07 Å². The highest BCUT2D eigenvalue weighted by Crippen LogP contribution is 2.28. The highest BCUT2D eigenvalue weighted by atomic mass is 16.5. The van der Waals surface area contributed by atoms with Gasteiger partial charge in [0.15, 0.2) is 17.2 Å². The number of nitrogens with zero attached hydrogens (tertiary/aromatic N) is 1. The van der Waals surface area contributed by atoms with Gasteiger partial charge in [-0.05, 0) is 38.1 Å². The van der Waals surface area contributed by atoms with E-state index in [0.717, 1.165) is 42.8 Å². The average molecular weight is 232 g/mol. The Labute approximate surface area is 100.0 Å². The lowest BCUT2D eigenvalue weighted by Gasteiger charge is -2.23. The number of benzene rings is 1. The van der Waals surface area contributed by atoms with Crippen molar-refractivity contribution in [2.24, 2.45) is 0 Å². The minimum atomic E-state index is 0.284. The number of ether oxygens (including phenoxy) is 1. The summed E-state index contributed by atoms with van der Waals surface area (Å²) < 4.78 is 11.6. The first-order valence-corrected chi connectivity index (χ1v) is 6.06. The molecular weight excluding hydrogens is 216 g/mol. The van der Waals surface area contributed by atoms with Crippen molar-refractivity contribution in [3.63, 3.8) is 0 Å². The molecule has 1 fully saturated rings. The highest BCUT2D eigenvalue weighted by molar-refractivity contribution is 5.79. The molecule has 1 aliphatic rings. The second-order valence-electron chi connectivity index (χ2n) is 4.40. The van der Waals surface area contributed by atoms with E-state index in [-0.39, 0.29) is 6.10 Å². The maximum absolute atomic E-state index is 6.01. The standard InChI is InChI=1S/C13H16N2O2/c1-9-15-11-3-2-4-12(13(11)16-9)17-10-5-7-14-8-6-10/h2-4,10,14H,5-8H2,1H3. The molecule has 0 spiro atoms. The Morgan fingerprint density at radius 1 is 1.35 bits per heavy atom.